The molecule has 0 rings (SSSR count). The molecule has 0 aromatic carbocycles. The Morgan fingerprint density at radius 3 is 1.49 bits per heavy atom. The SMILES string of the molecule is CC(N)C(=O)NC(CCC(=O)NC(CCCCNC(=O)CNC(=O)CNC(=O)CNC(=O)CNC(=O)CN)C(=O)NC(C)C(=O)O)C(=O)O. The van der Waals surface area contributed by atoms with Crippen molar-refractivity contribution in [2.75, 3.05) is 39.3 Å². The van der Waals surface area contributed by atoms with Crippen LogP contribution in [0.15, 0.2) is 0 Å². The Morgan fingerprint density at radius 2 is 1.04 bits per heavy atom. The minimum absolute atomic E-state index is 0.0167. The van der Waals surface area contributed by atoms with Gasteiger partial charge < -0.3 is 64.2 Å². The van der Waals surface area contributed by atoms with Crippen LogP contribution in [0.3, 0.4) is 0 Å². The molecule has 0 aliphatic heterocycles. The largest absolute Gasteiger partial charge is 0.480 e. The molecule has 0 saturated carbocycles. The molecule has 0 fully saturated rings. The summed E-state index contributed by atoms with van der Waals surface area (Å²) in [6.45, 7) is 0.605. The van der Waals surface area contributed by atoms with Gasteiger partial charge >= 0.3 is 11.9 Å². The van der Waals surface area contributed by atoms with Crippen LogP contribution in [-0.4, -0.2) is 133 Å². The molecular weight excluding hydrogens is 656 g/mol. The summed E-state index contributed by atoms with van der Waals surface area (Å²) < 4.78 is 0. The van der Waals surface area contributed by atoms with Crippen LogP contribution >= 0.6 is 0 Å². The second-order valence-corrected chi connectivity index (χ2v) is 10.6. The number of carboxylic acids is 2. The third-order valence-electron chi connectivity index (χ3n) is 6.28. The van der Waals surface area contributed by atoms with Crippen molar-refractivity contribution in [2.45, 2.75) is 70.1 Å². The molecule has 4 unspecified atom stereocenters. The van der Waals surface area contributed by atoms with E-state index in [2.05, 4.69) is 42.5 Å². The number of carbonyl (C=O) groups excluding carboxylic acids is 8. The molecule has 22 heteroatoms. The van der Waals surface area contributed by atoms with Gasteiger partial charge in [0.05, 0.1) is 38.8 Å². The van der Waals surface area contributed by atoms with E-state index in [9.17, 15) is 53.1 Å². The van der Waals surface area contributed by atoms with Gasteiger partial charge in [-0.2, -0.15) is 0 Å². The van der Waals surface area contributed by atoms with Gasteiger partial charge in [-0.1, -0.05) is 0 Å². The summed E-state index contributed by atoms with van der Waals surface area (Å²) in [7, 11) is 0. The van der Waals surface area contributed by atoms with Gasteiger partial charge in [0, 0.05) is 13.0 Å². The van der Waals surface area contributed by atoms with Gasteiger partial charge in [-0.25, -0.2) is 4.79 Å². The van der Waals surface area contributed by atoms with Crippen LogP contribution in [0.4, 0.5) is 0 Å². The Balaban J connectivity index is 4.65. The Bertz CT molecular complexity index is 1210. The first-order chi connectivity index (χ1) is 23.0. The summed E-state index contributed by atoms with van der Waals surface area (Å²) in [6.07, 6.45) is -0.132. The van der Waals surface area contributed by atoms with Gasteiger partial charge in [0.2, 0.25) is 47.3 Å². The smallest absolute Gasteiger partial charge is 0.326 e. The third-order valence-corrected chi connectivity index (χ3v) is 6.28. The van der Waals surface area contributed by atoms with E-state index in [-0.39, 0.29) is 38.9 Å². The molecule has 0 aromatic heterocycles. The van der Waals surface area contributed by atoms with E-state index in [1.54, 1.807) is 0 Å². The molecule has 0 radical (unpaired) electrons. The molecule has 0 saturated heterocycles. The second kappa shape index (κ2) is 23.9. The highest BCUT2D eigenvalue weighted by Crippen LogP contribution is 2.05. The molecule has 22 nitrogen and oxygen atoms in total. The third kappa shape index (κ3) is 21.2. The van der Waals surface area contributed by atoms with Crippen molar-refractivity contribution in [2.24, 2.45) is 11.5 Å². The van der Waals surface area contributed by atoms with E-state index in [0.29, 0.717) is 6.42 Å². The lowest BCUT2D eigenvalue weighted by molar-refractivity contribution is -0.142. The summed E-state index contributed by atoms with van der Waals surface area (Å²) in [5, 5.41) is 36.8. The Hall–Kier alpha value is -5.38. The van der Waals surface area contributed by atoms with Gasteiger partial charge in [0.15, 0.2) is 0 Å². The van der Waals surface area contributed by atoms with Crippen LogP contribution < -0.4 is 54.0 Å². The fourth-order valence-electron chi connectivity index (χ4n) is 3.49. The number of hydrogen-bond acceptors (Lipinski definition) is 12. The summed E-state index contributed by atoms with van der Waals surface area (Å²) in [5.41, 5.74) is 10.5. The van der Waals surface area contributed by atoms with Gasteiger partial charge in [-0.3, -0.25) is 43.2 Å². The first-order valence-corrected chi connectivity index (χ1v) is 15.1. The predicted octanol–water partition coefficient (Wildman–Crippen LogP) is -6.53. The topological polar surface area (TPSA) is 359 Å². The van der Waals surface area contributed by atoms with Crippen LogP contribution in [0.1, 0.15) is 46.0 Å². The standard InChI is InChI=1S/C27H46N10O12/c1-14(29)24(44)37-17(27(48)49)6-7-18(38)36-16(25(45)35-15(2)26(46)47)5-3-4-8-30-20(40)10-32-22(42)12-34-23(43)13-33-21(41)11-31-19(39)9-28/h14-17H,3-13,28-29H2,1-2H3,(H,30,40)(H,31,39)(H,32,42)(H,33,41)(H,34,43)(H,35,45)(H,36,38)(H,37,44)(H,46,47)(H,48,49). The number of aliphatic carboxylic acids is 2. The summed E-state index contributed by atoms with van der Waals surface area (Å²) in [4.78, 5) is 118. The summed E-state index contributed by atoms with van der Waals surface area (Å²) >= 11 is 0. The summed E-state index contributed by atoms with van der Waals surface area (Å²) in [6, 6.07) is -4.88. The van der Waals surface area contributed by atoms with E-state index in [4.69, 9.17) is 16.6 Å². The van der Waals surface area contributed by atoms with Crippen molar-refractivity contribution < 1.29 is 58.2 Å². The van der Waals surface area contributed by atoms with Gasteiger partial charge in [0.25, 0.3) is 0 Å². The first kappa shape index (κ1) is 43.6. The fraction of sp³-hybridized carbons (Fsp3) is 0.630. The molecule has 0 aromatic rings. The molecule has 4 atom stereocenters. The van der Waals surface area contributed by atoms with Crippen LogP contribution in [-0.2, 0) is 47.9 Å². The monoisotopic (exact) mass is 702 g/mol. The Morgan fingerprint density at radius 1 is 0.551 bits per heavy atom. The lowest BCUT2D eigenvalue weighted by Crippen LogP contribution is -2.51. The molecule has 0 heterocycles. The number of nitrogens with two attached hydrogens (primary N) is 2. The zero-order valence-corrected chi connectivity index (χ0v) is 27.2. The first-order valence-electron chi connectivity index (χ1n) is 15.1. The number of carboxylic acid groups (broad SMARTS) is 2. The molecule has 0 aliphatic rings. The van der Waals surface area contributed by atoms with Crippen molar-refractivity contribution in [3.63, 3.8) is 0 Å². The molecule has 276 valence electrons. The van der Waals surface area contributed by atoms with Crippen molar-refractivity contribution in [3.8, 4) is 0 Å². The van der Waals surface area contributed by atoms with Crippen LogP contribution in [0.25, 0.3) is 0 Å². The quantitative estimate of drug-likeness (QED) is 0.0416. The maximum atomic E-state index is 12.7. The Labute approximate surface area is 281 Å². The minimum Gasteiger partial charge on any atom is -0.480 e. The van der Waals surface area contributed by atoms with Gasteiger partial charge in [0.1, 0.15) is 18.1 Å². The highest BCUT2D eigenvalue weighted by Gasteiger charge is 2.26. The van der Waals surface area contributed by atoms with Crippen molar-refractivity contribution >= 4 is 59.2 Å². The van der Waals surface area contributed by atoms with E-state index < -0.39 is 109 Å². The fourth-order valence-corrected chi connectivity index (χ4v) is 3.49. The lowest BCUT2D eigenvalue weighted by Gasteiger charge is -2.21. The number of hydrogen-bond donors (Lipinski definition) is 12. The number of rotatable bonds is 24. The predicted molar refractivity (Wildman–Crippen MR) is 168 cm³/mol. The van der Waals surface area contributed by atoms with Crippen molar-refractivity contribution in [1.82, 2.24) is 42.5 Å². The molecule has 8 amide bonds. The highest BCUT2D eigenvalue weighted by atomic mass is 16.4. The van der Waals surface area contributed by atoms with Crippen LogP contribution in [0, 0.1) is 0 Å². The van der Waals surface area contributed by atoms with E-state index in [0.717, 1.165) is 0 Å². The number of nitrogens with one attached hydrogen (secondary N) is 8. The highest BCUT2D eigenvalue weighted by molar-refractivity contribution is 5.92. The molecule has 14 N–H and O–H groups in total. The van der Waals surface area contributed by atoms with E-state index in [1.165, 1.54) is 13.8 Å². The molecule has 0 spiro atoms. The average molecular weight is 703 g/mol. The minimum atomic E-state index is -1.42. The van der Waals surface area contributed by atoms with Crippen molar-refractivity contribution in [1.29, 1.82) is 0 Å². The van der Waals surface area contributed by atoms with Gasteiger partial charge in [-0.05, 0) is 39.5 Å². The maximum absolute atomic E-state index is 12.7. The zero-order chi connectivity index (χ0) is 37.5. The second-order valence-electron chi connectivity index (χ2n) is 10.6. The zero-order valence-electron chi connectivity index (χ0n) is 27.2. The maximum Gasteiger partial charge on any atom is 0.326 e. The van der Waals surface area contributed by atoms with Crippen LogP contribution in [0.2, 0.25) is 0 Å². The molecule has 0 bridgehead atoms. The lowest BCUT2D eigenvalue weighted by atomic mass is 10.1. The number of amides is 8. The van der Waals surface area contributed by atoms with E-state index >= 15 is 0 Å². The van der Waals surface area contributed by atoms with E-state index in [1.807, 2.05) is 0 Å². The number of carbonyl (C=O) groups is 10. The van der Waals surface area contributed by atoms with Gasteiger partial charge in [-0.15, -0.1) is 0 Å². The normalized spacial score (nSPS) is 12.8. The summed E-state index contributed by atoms with van der Waals surface area (Å²) in [5.74, 6) is -8.17. The Kier molecular flexibility index (Phi) is 21.2. The molecular formula is C27H46N10O12. The number of unbranched alkanes of at least 4 members (excludes halogenated alkanes) is 1. The molecule has 0 aliphatic carbocycles. The van der Waals surface area contributed by atoms with Crippen molar-refractivity contribution in [3.05, 3.63) is 0 Å². The average Bonchev–Trinajstić information content (AvgIpc) is 3.04. The van der Waals surface area contributed by atoms with Crippen LogP contribution in [0.5, 0.6) is 0 Å². The molecule has 49 heavy (non-hydrogen) atoms.